The summed E-state index contributed by atoms with van der Waals surface area (Å²) in [4.78, 5) is 0. The molecule has 2 N–H and O–H groups in total. The van der Waals surface area contributed by atoms with Crippen molar-refractivity contribution in [1.29, 1.82) is 0 Å². The third-order valence-corrected chi connectivity index (χ3v) is 2.90. The molecule has 2 saturated heterocycles. The molecule has 114 valence electrons. The molecule has 0 saturated carbocycles. The molecule has 0 aromatic heterocycles. The van der Waals surface area contributed by atoms with Gasteiger partial charge in [0.15, 0.2) is 0 Å². The fourth-order valence-corrected chi connectivity index (χ4v) is 2.00. The topological polar surface area (TPSA) is 68.2 Å². The van der Waals surface area contributed by atoms with Gasteiger partial charge < -0.3 is 24.4 Å². The van der Waals surface area contributed by atoms with Crippen LogP contribution in [-0.2, 0) is 14.2 Å². The van der Waals surface area contributed by atoms with Crippen molar-refractivity contribution in [2.24, 2.45) is 11.8 Å². The van der Waals surface area contributed by atoms with Crippen LogP contribution in [0, 0.1) is 11.8 Å². The highest BCUT2D eigenvalue weighted by atomic mass is 16.6. The monoisotopic (exact) mass is 276 g/mol. The molecule has 0 radical (unpaired) electrons. The fraction of sp³-hybridized carbons (Fsp3) is 1.00. The van der Waals surface area contributed by atoms with E-state index in [1.165, 1.54) is 0 Å². The van der Waals surface area contributed by atoms with Crippen molar-refractivity contribution in [2.75, 3.05) is 26.4 Å². The van der Waals surface area contributed by atoms with Crippen LogP contribution >= 0.6 is 0 Å². The molecular formula is C14H28O5. The van der Waals surface area contributed by atoms with Crippen LogP contribution in [0.5, 0.6) is 0 Å². The summed E-state index contributed by atoms with van der Waals surface area (Å²) in [6.07, 6.45) is -1.70. The van der Waals surface area contributed by atoms with Gasteiger partial charge in [0.1, 0.15) is 24.4 Å². The van der Waals surface area contributed by atoms with E-state index < -0.39 is 12.2 Å². The molecule has 0 bridgehead atoms. The SMILES string of the molecule is CC(C)COCC(C)C.O[C@@H]1CO[C@H]2[C@@H]1OC[C@H]2O. The normalized spacial score (nSPS) is 33.5. The predicted octanol–water partition coefficient (Wildman–Crippen LogP) is 0.821. The number of ether oxygens (including phenoxy) is 3. The van der Waals surface area contributed by atoms with E-state index in [0.29, 0.717) is 11.8 Å². The first-order valence-corrected chi connectivity index (χ1v) is 7.08. The Balaban J connectivity index is 0.000000192. The Kier molecular flexibility index (Phi) is 7.25. The summed E-state index contributed by atoms with van der Waals surface area (Å²) in [6.45, 7) is 11.0. The molecule has 5 nitrogen and oxygen atoms in total. The smallest absolute Gasteiger partial charge is 0.114 e. The van der Waals surface area contributed by atoms with E-state index >= 15 is 0 Å². The third-order valence-electron chi connectivity index (χ3n) is 2.90. The minimum atomic E-state index is -0.554. The Morgan fingerprint density at radius 2 is 1.26 bits per heavy atom. The van der Waals surface area contributed by atoms with Gasteiger partial charge in [0, 0.05) is 13.2 Å². The maximum absolute atomic E-state index is 9.16. The summed E-state index contributed by atoms with van der Waals surface area (Å²) in [5.41, 5.74) is 0. The molecular weight excluding hydrogens is 248 g/mol. The molecule has 0 aliphatic carbocycles. The van der Waals surface area contributed by atoms with Gasteiger partial charge in [-0.25, -0.2) is 0 Å². The Labute approximate surface area is 115 Å². The molecule has 2 aliphatic heterocycles. The van der Waals surface area contributed by atoms with Crippen molar-refractivity contribution in [3.05, 3.63) is 0 Å². The Hall–Kier alpha value is -0.200. The van der Waals surface area contributed by atoms with E-state index in [0.717, 1.165) is 13.2 Å². The number of hydrogen-bond donors (Lipinski definition) is 2. The van der Waals surface area contributed by atoms with Crippen LogP contribution in [-0.4, -0.2) is 61.1 Å². The molecule has 0 aromatic rings. The average molecular weight is 276 g/mol. The Morgan fingerprint density at radius 1 is 0.895 bits per heavy atom. The van der Waals surface area contributed by atoms with Crippen molar-refractivity contribution in [2.45, 2.75) is 52.1 Å². The van der Waals surface area contributed by atoms with Crippen LogP contribution in [0.3, 0.4) is 0 Å². The molecule has 2 heterocycles. The van der Waals surface area contributed by atoms with Crippen molar-refractivity contribution < 1.29 is 24.4 Å². The lowest BCUT2D eigenvalue weighted by atomic mass is 10.1. The van der Waals surface area contributed by atoms with E-state index in [2.05, 4.69) is 27.7 Å². The van der Waals surface area contributed by atoms with Crippen LogP contribution in [0.15, 0.2) is 0 Å². The first-order valence-electron chi connectivity index (χ1n) is 7.08. The summed E-state index contributed by atoms with van der Waals surface area (Å²) >= 11 is 0. The maximum atomic E-state index is 9.16. The molecule has 4 atom stereocenters. The second-order valence-electron chi connectivity index (χ2n) is 6.06. The van der Waals surface area contributed by atoms with Gasteiger partial charge in [-0.2, -0.15) is 0 Å². The Morgan fingerprint density at radius 3 is 1.58 bits per heavy atom. The maximum Gasteiger partial charge on any atom is 0.114 e. The largest absolute Gasteiger partial charge is 0.388 e. The zero-order valence-corrected chi connectivity index (χ0v) is 12.4. The van der Waals surface area contributed by atoms with Crippen LogP contribution in [0.4, 0.5) is 0 Å². The van der Waals surface area contributed by atoms with Gasteiger partial charge in [-0.05, 0) is 11.8 Å². The minimum Gasteiger partial charge on any atom is -0.388 e. The number of hydrogen-bond acceptors (Lipinski definition) is 5. The van der Waals surface area contributed by atoms with E-state index in [4.69, 9.17) is 24.4 Å². The molecule has 2 fully saturated rings. The zero-order chi connectivity index (χ0) is 14.4. The van der Waals surface area contributed by atoms with Crippen molar-refractivity contribution in [3.8, 4) is 0 Å². The zero-order valence-electron chi connectivity index (χ0n) is 12.4. The van der Waals surface area contributed by atoms with Gasteiger partial charge in [-0.3, -0.25) is 0 Å². The lowest BCUT2D eigenvalue weighted by Crippen LogP contribution is -2.30. The van der Waals surface area contributed by atoms with Crippen LogP contribution in [0.2, 0.25) is 0 Å². The molecule has 2 aliphatic rings. The van der Waals surface area contributed by atoms with Gasteiger partial charge in [-0.1, -0.05) is 27.7 Å². The molecule has 19 heavy (non-hydrogen) atoms. The van der Waals surface area contributed by atoms with Gasteiger partial charge in [0.2, 0.25) is 0 Å². The van der Waals surface area contributed by atoms with Crippen LogP contribution in [0.1, 0.15) is 27.7 Å². The Bertz CT molecular complexity index is 220. The molecule has 2 rings (SSSR count). The summed E-state index contributed by atoms with van der Waals surface area (Å²) in [6, 6.07) is 0. The number of fused-ring (bicyclic) bond motifs is 1. The predicted molar refractivity (Wildman–Crippen MR) is 72.0 cm³/mol. The van der Waals surface area contributed by atoms with Gasteiger partial charge >= 0.3 is 0 Å². The van der Waals surface area contributed by atoms with Crippen LogP contribution < -0.4 is 0 Å². The number of aliphatic hydroxyl groups is 2. The molecule has 5 heteroatoms. The van der Waals surface area contributed by atoms with E-state index in [9.17, 15) is 0 Å². The second-order valence-corrected chi connectivity index (χ2v) is 6.06. The molecule has 0 amide bonds. The molecule has 0 aromatic carbocycles. The lowest BCUT2D eigenvalue weighted by molar-refractivity contribution is 0.00205. The summed E-state index contributed by atoms with van der Waals surface area (Å²) in [5, 5.41) is 18.3. The summed E-state index contributed by atoms with van der Waals surface area (Å²) < 4.78 is 15.5. The third kappa shape index (κ3) is 5.75. The van der Waals surface area contributed by atoms with Crippen molar-refractivity contribution >= 4 is 0 Å². The van der Waals surface area contributed by atoms with E-state index in [1.807, 2.05) is 0 Å². The standard InChI is InChI=1S/C8H18O.C6H10O4/c1-7(2)5-9-6-8(3)4;7-3-1-9-6-4(8)2-10-5(3)6/h7-8H,5-6H2,1-4H3;3-8H,1-2H2/t;3-,4-,5-,6-/m.1/s1. The lowest BCUT2D eigenvalue weighted by Gasteiger charge is -2.09. The molecule has 0 spiro atoms. The number of aliphatic hydroxyl groups excluding tert-OH is 2. The van der Waals surface area contributed by atoms with Gasteiger partial charge in [-0.15, -0.1) is 0 Å². The van der Waals surface area contributed by atoms with E-state index in [1.54, 1.807) is 0 Å². The van der Waals surface area contributed by atoms with Crippen molar-refractivity contribution in [1.82, 2.24) is 0 Å². The highest BCUT2D eigenvalue weighted by molar-refractivity contribution is 4.93. The van der Waals surface area contributed by atoms with Gasteiger partial charge in [0.05, 0.1) is 13.2 Å². The summed E-state index contributed by atoms with van der Waals surface area (Å²) in [7, 11) is 0. The van der Waals surface area contributed by atoms with Gasteiger partial charge in [0.25, 0.3) is 0 Å². The van der Waals surface area contributed by atoms with Crippen LogP contribution in [0.25, 0.3) is 0 Å². The highest BCUT2D eigenvalue weighted by Gasteiger charge is 2.46. The fourth-order valence-electron chi connectivity index (χ4n) is 2.00. The molecule has 0 unspecified atom stereocenters. The first kappa shape index (κ1) is 16.9. The number of rotatable bonds is 4. The van der Waals surface area contributed by atoms with E-state index in [-0.39, 0.29) is 25.4 Å². The quantitative estimate of drug-likeness (QED) is 0.796. The first-order chi connectivity index (χ1) is 8.91. The minimum absolute atomic E-state index is 0.284. The summed E-state index contributed by atoms with van der Waals surface area (Å²) in [5.74, 6) is 1.34. The highest BCUT2D eigenvalue weighted by Crippen LogP contribution is 2.26. The average Bonchev–Trinajstić information content (AvgIpc) is 2.84. The van der Waals surface area contributed by atoms with Crippen molar-refractivity contribution in [3.63, 3.8) is 0 Å². The second kappa shape index (κ2) is 8.17.